The van der Waals surface area contributed by atoms with Crippen molar-refractivity contribution in [3.63, 3.8) is 0 Å². The standard InChI is InChI=1S/C28H23BrN4O3/c1-18-16-21(29)17-22-24(28(36)33(2)25(18)22)31-32-27(35)23(15-9-12-19-10-5-3-6-11-19)30-26(34)20-13-7-4-8-14-20/h3-17,36H,1-2H3,(H,30,34)/b12-9+,23-15+,32-31?. The number of azo groups is 1. The zero-order valence-corrected chi connectivity index (χ0v) is 21.2. The SMILES string of the molecule is Cc1cc(Br)cc2c(N=NC(=O)/C(=C\C=C\c3ccccc3)NC(=O)c3ccccc3)c(O)n(C)c12. The Morgan fingerprint density at radius 2 is 1.69 bits per heavy atom. The summed E-state index contributed by atoms with van der Waals surface area (Å²) in [7, 11) is 1.71. The average molecular weight is 543 g/mol. The van der Waals surface area contributed by atoms with Crippen molar-refractivity contribution < 1.29 is 14.7 Å². The quantitative estimate of drug-likeness (QED) is 0.163. The molecule has 1 aromatic heterocycles. The van der Waals surface area contributed by atoms with Crippen LogP contribution in [0.25, 0.3) is 17.0 Å². The molecule has 4 aromatic rings. The summed E-state index contributed by atoms with van der Waals surface area (Å²) in [5.41, 5.74) is 3.13. The maximum absolute atomic E-state index is 13.0. The molecule has 0 saturated carbocycles. The van der Waals surface area contributed by atoms with Gasteiger partial charge in [0.1, 0.15) is 5.70 Å². The lowest BCUT2D eigenvalue weighted by Gasteiger charge is -2.06. The second-order valence-electron chi connectivity index (χ2n) is 8.03. The van der Waals surface area contributed by atoms with Crippen molar-refractivity contribution in [1.29, 1.82) is 0 Å². The highest BCUT2D eigenvalue weighted by atomic mass is 79.9. The zero-order chi connectivity index (χ0) is 25.7. The number of aromatic hydroxyl groups is 1. The molecule has 0 aliphatic rings. The van der Waals surface area contributed by atoms with Crippen molar-refractivity contribution in [3.05, 3.63) is 112 Å². The van der Waals surface area contributed by atoms with Gasteiger partial charge in [-0.05, 0) is 48.4 Å². The number of nitrogens with one attached hydrogen (secondary N) is 1. The molecule has 0 saturated heterocycles. The van der Waals surface area contributed by atoms with Gasteiger partial charge in [0.05, 0.1) is 5.52 Å². The highest BCUT2D eigenvalue weighted by Gasteiger charge is 2.18. The van der Waals surface area contributed by atoms with Crippen LogP contribution < -0.4 is 5.32 Å². The van der Waals surface area contributed by atoms with E-state index < -0.39 is 11.8 Å². The second-order valence-corrected chi connectivity index (χ2v) is 8.94. The summed E-state index contributed by atoms with van der Waals surface area (Å²) in [6, 6.07) is 21.8. The van der Waals surface area contributed by atoms with E-state index in [0.717, 1.165) is 21.1 Å². The molecule has 1 heterocycles. The predicted molar refractivity (Wildman–Crippen MR) is 144 cm³/mol. The van der Waals surface area contributed by atoms with Gasteiger partial charge in [0.25, 0.3) is 5.91 Å². The van der Waals surface area contributed by atoms with Gasteiger partial charge >= 0.3 is 5.91 Å². The first-order chi connectivity index (χ1) is 17.3. The Kier molecular flexibility index (Phi) is 7.56. The third-order valence-electron chi connectivity index (χ3n) is 5.49. The summed E-state index contributed by atoms with van der Waals surface area (Å²) in [4.78, 5) is 25.8. The first kappa shape index (κ1) is 24.8. The van der Waals surface area contributed by atoms with Crippen molar-refractivity contribution in [1.82, 2.24) is 9.88 Å². The van der Waals surface area contributed by atoms with Gasteiger partial charge in [-0.3, -0.25) is 9.59 Å². The van der Waals surface area contributed by atoms with Gasteiger partial charge in [0.2, 0.25) is 5.88 Å². The topological polar surface area (TPSA) is 96.1 Å². The Bertz CT molecular complexity index is 1520. The monoisotopic (exact) mass is 542 g/mol. The van der Waals surface area contributed by atoms with Crippen LogP contribution in [0.2, 0.25) is 0 Å². The molecule has 7 nitrogen and oxygen atoms in total. The summed E-state index contributed by atoms with van der Waals surface area (Å²) in [5.74, 6) is -1.34. The van der Waals surface area contributed by atoms with E-state index in [1.54, 1.807) is 60.2 Å². The molecule has 0 atom stereocenters. The molecule has 0 unspecified atom stereocenters. The highest BCUT2D eigenvalue weighted by Crippen LogP contribution is 2.40. The molecule has 0 spiro atoms. The summed E-state index contributed by atoms with van der Waals surface area (Å²) in [5, 5.41) is 21.8. The molecule has 180 valence electrons. The number of rotatable bonds is 6. The van der Waals surface area contributed by atoms with Crippen molar-refractivity contribution >= 4 is 50.4 Å². The molecular weight excluding hydrogens is 520 g/mol. The fourth-order valence-electron chi connectivity index (χ4n) is 3.76. The Morgan fingerprint density at radius 3 is 2.39 bits per heavy atom. The number of fused-ring (bicyclic) bond motifs is 1. The number of hydrogen-bond acceptors (Lipinski definition) is 4. The average Bonchev–Trinajstić information content (AvgIpc) is 3.12. The van der Waals surface area contributed by atoms with Gasteiger partial charge in [-0.2, -0.15) is 0 Å². The van der Waals surface area contributed by atoms with E-state index in [1.165, 1.54) is 6.08 Å². The molecule has 2 amide bonds. The number of allylic oxidation sites excluding steroid dienone is 2. The number of aryl methyl sites for hydroxylation is 2. The number of aromatic nitrogens is 1. The lowest BCUT2D eigenvalue weighted by molar-refractivity contribution is -0.115. The van der Waals surface area contributed by atoms with Crippen molar-refractivity contribution in [2.45, 2.75) is 6.92 Å². The first-order valence-electron chi connectivity index (χ1n) is 11.1. The number of hydrogen-bond donors (Lipinski definition) is 2. The minimum atomic E-state index is -0.764. The van der Waals surface area contributed by atoms with Crippen LogP contribution in [0.1, 0.15) is 21.5 Å². The van der Waals surface area contributed by atoms with E-state index in [1.807, 2.05) is 43.3 Å². The van der Waals surface area contributed by atoms with Crippen LogP contribution in [-0.2, 0) is 11.8 Å². The normalized spacial score (nSPS) is 12.0. The fraction of sp³-hybridized carbons (Fsp3) is 0.0714. The zero-order valence-electron chi connectivity index (χ0n) is 19.6. The van der Waals surface area contributed by atoms with Crippen molar-refractivity contribution in [2.24, 2.45) is 17.3 Å². The highest BCUT2D eigenvalue weighted by molar-refractivity contribution is 9.10. The first-order valence-corrected chi connectivity index (χ1v) is 11.9. The van der Waals surface area contributed by atoms with Crippen LogP contribution in [0.5, 0.6) is 5.88 Å². The molecule has 0 fully saturated rings. The minimum absolute atomic E-state index is 0.0585. The summed E-state index contributed by atoms with van der Waals surface area (Å²) < 4.78 is 2.40. The molecule has 0 aliphatic carbocycles. The van der Waals surface area contributed by atoms with Crippen LogP contribution in [0.15, 0.2) is 105 Å². The Morgan fingerprint density at radius 1 is 1.03 bits per heavy atom. The molecule has 2 N–H and O–H groups in total. The molecule has 3 aromatic carbocycles. The smallest absolute Gasteiger partial charge is 0.311 e. The van der Waals surface area contributed by atoms with Crippen LogP contribution in [0.4, 0.5) is 5.69 Å². The fourth-order valence-corrected chi connectivity index (χ4v) is 4.34. The maximum atomic E-state index is 13.0. The van der Waals surface area contributed by atoms with E-state index in [-0.39, 0.29) is 17.3 Å². The van der Waals surface area contributed by atoms with E-state index in [4.69, 9.17) is 0 Å². The molecule has 8 heteroatoms. The third-order valence-corrected chi connectivity index (χ3v) is 5.95. The van der Waals surface area contributed by atoms with Crippen LogP contribution >= 0.6 is 15.9 Å². The van der Waals surface area contributed by atoms with Crippen LogP contribution in [0, 0.1) is 6.92 Å². The number of amides is 2. The summed E-state index contributed by atoms with van der Waals surface area (Å²) >= 11 is 3.46. The van der Waals surface area contributed by atoms with E-state index in [9.17, 15) is 14.7 Å². The molecule has 4 rings (SSSR count). The summed E-state index contributed by atoms with van der Waals surface area (Å²) in [6.07, 6.45) is 4.92. The van der Waals surface area contributed by atoms with Crippen molar-refractivity contribution in [3.8, 4) is 5.88 Å². The van der Waals surface area contributed by atoms with Gasteiger partial charge in [-0.15, -0.1) is 10.2 Å². The lowest BCUT2D eigenvalue weighted by atomic mass is 10.1. The van der Waals surface area contributed by atoms with Gasteiger partial charge in [0.15, 0.2) is 5.69 Å². The van der Waals surface area contributed by atoms with E-state index in [0.29, 0.717) is 10.9 Å². The van der Waals surface area contributed by atoms with Crippen LogP contribution in [-0.4, -0.2) is 21.5 Å². The number of nitrogens with zero attached hydrogens (tertiary/aromatic N) is 3. The summed E-state index contributed by atoms with van der Waals surface area (Å²) in [6.45, 7) is 1.91. The van der Waals surface area contributed by atoms with Gasteiger partial charge in [-0.1, -0.05) is 76.6 Å². The Labute approximate surface area is 216 Å². The largest absolute Gasteiger partial charge is 0.493 e. The molecule has 0 radical (unpaired) electrons. The Hall–Kier alpha value is -4.30. The molecule has 0 bridgehead atoms. The number of halogens is 1. The van der Waals surface area contributed by atoms with Gasteiger partial charge in [-0.25, -0.2) is 0 Å². The van der Waals surface area contributed by atoms with Gasteiger partial charge < -0.3 is 15.0 Å². The second kappa shape index (κ2) is 11.0. The lowest BCUT2D eigenvalue weighted by Crippen LogP contribution is -2.26. The third kappa shape index (κ3) is 5.50. The maximum Gasteiger partial charge on any atom is 0.311 e. The van der Waals surface area contributed by atoms with Crippen molar-refractivity contribution in [2.75, 3.05) is 0 Å². The Balaban J connectivity index is 1.67. The number of carbonyl (C=O) groups is 2. The van der Waals surface area contributed by atoms with E-state index >= 15 is 0 Å². The molecular formula is C28H23BrN4O3. The molecule has 36 heavy (non-hydrogen) atoms. The van der Waals surface area contributed by atoms with Crippen LogP contribution in [0.3, 0.4) is 0 Å². The number of carbonyl (C=O) groups excluding carboxylic acids is 2. The number of benzene rings is 3. The predicted octanol–water partition coefficient (Wildman–Crippen LogP) is 6.59. The molecule has 0 aliphatic heterocycles. The van der Waals surface area contributed by atoms with Gasteiger partial charge in [0, 0.05) is 22.5 Å². The minimum Gasteiger partial charge on any atom is -0.493 e. The van der Waals surface area contributed by atoms with E-state index in [2.05, 4.69) is 31.5 Å².